The highest BCUT2D eigenvalue weighted by molar-refractivity contribution is 5.73. The summed E-state index contributed by atoms with van der Waals surface area (Å²) in [5, 5.41) is 0. The molecule has 22 heavy (non-hydrogen) atoms. The van der Waals surface area contributed by atoms with Crippen LogP contribution in [0.5, 0.6) is 0 Å². The smallest absolute Gasteiger partial charge is 0.219 e. The first-order chi connectivity index (χ1) is 10.4. The van der Waals surface area contributed by atoms with Crippen LogP contribution >= 0.6 is 0 Å². The Hall–Kier alpha value is -1.06. The zero-order chi connectivity index (χ0) is 16.3. The maximum absolute atomic E-state index is 11.5. The lowest BCUT2D eigenvalue weighted by atomic mass is 9.71. The number of hydrogen-bond donors (Lipinski definition) is 0. The Morgan fingerprint density at radius 2 is 0.909 bits per heavy atom. The molecular formula is C18H32N2O2. The van der Waals surface area contributed by atoms with E-state index in [2.05, 4.69) is 0 Å². The van der Waals surface area contributed by atoms with Gasteiger partial charge in [0.1, 0.15) is 0 Å². The fourth-order valence-corrected chi connectivity index (χ4v) is 4.43. The molecule has 2 amide bonds. The van der Waals surface area contributed by atoms with Crippen molar-refractivity contribution in [3.63, 3.8) is 0 Å². The monoisotopic (exact) mass is 308 g/mol. The van der Waals surface area contributed by atoms with Gasteiger partial charge in [-0.2, -0.15) is 0 Å². The van der Waals surface area contributed by atoms with Gasteiger partial charge in [-0.25, -0.2) is 0 Å². The Morgan fingerprint density at radius 1 is 0.636 bits per heavy atom. The molecule has 0 aromatic carbocycles. The summed E-state index contributed by atoms with van der Waals surface area (Å²) in [6.07, 6.45) is 9.70. The molecule has 0 N–H and O–H groups in total. The van der Waals surface area contributed by atoms with Crippen molar-refractivity contribution >= 4 is 11.8 Å². The standard InChI is InChI=1S/C18H32N2O2/c1-13(21)19(3)17-9-5-15(6-10-17)16-7-11-18(12-8-16)20(4)14(2)22/h15-18H,5-12H2,1-4H3. The molecule has 2 rings (SSSR count). The number of carbonyl (C=O) groups excluding carboxylic acids is 2. The largest absolute Gasteiger partial charge is 0.343 e. The van der Waals surface area contributed by atoms with Crippen LogP contribution < -0.4 is 0 Å². The molecule has 0 atom stereocenters. The maximum atomic E-state index is 11.5. The van der Waals surface area contributed by atoms with Gasteiger partial charge in [0, 0.05) is 40.0 Å². The maximum Gasteiger partial charge on any atom is 0.219 e. The molecule has 126 valence electrons. The molecule has 0 saturated heterocycles. The summed E-state index contributed by atoms with van der Waals surface area (Å²) >= 11 is 0. The third kappa shape index (κ3) is 4.02. The second kappa shape index (κ2) is 7.47. The van der Waals surface area contributed by atoms with Crippen LogP contribution in [0, 0.1) is 11.8 Å². The summed E-state index contributed by atoms with van der Waals surface area (Å²) in [5.41, 5.74) is 0. The summed E-state index contributed by atoms with van der Waals surface area (Å²) in [6, 6.07) is 0.905. The lowest BCUT2D eigenvalue weighted by Crippen LogP contribution is -2.41. The zero-order valence-corrected chi connectivity index (χ0v) is 14.7. The van der Waals surface area contributed by atoms with E-state index >= 15 is 0 Å². The Kier molecular flexibility index (Phi) is 5.87. The van der Waals surface area contributed by atoms with E-state index in [-0.39, 0.29) is 11.8 Å². The second-order valence-corrected chi connectivity index (χ2v) is 7.40. The summed E-state index contributed by atoms with van der Waals surface area (Å²) in [4.78, 5) is 26.8. The molecule has 0 spiro atoms. The van der Waals surface area contributed by atoms with Crippen molar-refractivity contribution in [1.29, 1.82) is 0 Å². The predicted octanol–water partition coefficient (Wildman–Crippen LogP) is 3.06. The average molecular weight is 308 g/mol. The van der Waals surface area contributed by atoms with Gasteiger partial charge in [-0.3, -0.25) is 9.59 Å². The van der Waals surface area contributed by atoms with Crippen LogP contribution in [0.25, 0.3) is 0 Å². The number of hydrogen-bond acceptors (Lipinski definition) is 2. The van der Waals surface area contributed by atoms with E-state index in [1.54, 1.807) is 13.8 Å². The van der Waals surface area contributed by atoms with Gasteiger partial charge in [-0.15, -0.1) is 0 Å². The molecule has 2 aliphatic rings. The van der Waals surface area contributed by atoms with Crippen molar-refractivity contribution in [3.05, 3.63) is 0 Å². The Morgan fingerprint density at radius 3 is 1.14 bits per heavy atom. The van der Waals surface area contributed by atoms with E-state index in [1.165, 1.54) is 25.7 Å². The fraction of sp³-hybridized carbons (Fsp3) is 0.889. The molecular weight excluding hydrogens is 276 g/mol. The predicted molar refractivity (Wildman–Crippen MR) is 88.4 cm³/mol. The van der Waals surface area contributed by atoms with E-state index in [0.29, 0.717) is 12.1 Å². The van der Waals surface area contributed by atoms with E-state index < -0.39 is 0 Å². The van der Waals surface area contributed by atoms with Crippen LogP contribution in [0.15, 0.2) is 0 Å². The molecule has 0 aliphatic heterocycles. The van der Waals surface area contributed by atoms with Gasteiger partial charge in [0.15, 0.2) is 0 Å². The topological polar surface area (TPSA) is 40.6 Å². The summed E-state index contributed by atoms with van der Waals surface area (Å²) < 4.78 is 0. The van der Waals surface area contributed by atoms with Crippen molar-refractivity contribution in [2.45, 2.75) is 77.3 Å². The minimum atomic E-state index is 0.191. The fourth-order valence-electron chi connectivity index (χ4n) is 4.43. The number of carbonyl (C=O) groups is 2. The Labute approximate surface area is 135 Å². The van der Waals surface area contributed by atoms with Crippen LogP contribution in [-0.2, 0) is 9.59 Å². The summed E-state index contributed by atoms with van der Waals surface area (Å²) in [6.45, 7) is 3.33. The van der Waals surface area contributed by atoms with Crippen LogP contribution in [-0.4, -0.2) is 47.8 Å². The molecule has 0 radical (unpaired) electrons. The van der Waals surface area contributed by atoms with Gasteiger partial charge < -0.3 is 9.80 Å². The minimum absolute atomic E-state index is 0.191. The Balaban J connectivity index is 1.77. The molecule has 2 fully saturated rings. The summed E-state index contributed by atoms with van der Waals surface area (Å²) in [5.74, 6) is 2.05. The summed E-state index contributed by atoms with van der Waals surface area (Å²) in [7, 11) is 3.88. The van der Waals surface area contributed by atoms with Crippen molar-refractivity contribution in [1.82, 2.24) is 9.80 Å². The van der Waals surface area contributed by atoms with Crippen LogP contribution in [0.4, 0.5) is 0 Å². The quantitative estimate of drug-likeness (QED) is 0.804. The lowest BCUT2D eigenvalue weighted by Gasteiger charge is -2.41. The molecule has 0 heterocycles. The molecule has 4 heteroatoms. The second-order valence-electron chi connectivity index (χ2n) is 7.40. The molecule has 4 nitrogen and oxygen atoms in total. The number of amides is 2. The highest BCUT2D eigenvalue weighted by atomic mass is 16.2. The van der Waals surface area contributed by atoms with E-state index in [4.69, 9.17) is 0 Å². The molecule has 2 saturated carbocycles. The highest BCUT2D eigenvalue weighted by Gasteiger charge is 2.33. The molecule has 2 aliphatic carbocycles. The number of nitrogens with zero attached hydrogens (tertiary/aromatic N) is 2. The van der Waals surface area contributed by atoms with E-state index in [1.807, 2.05) is 23.9 Å². The van der Waals surface area contributed by atoms with Gasteiger partial charge >= 0.3 is 0 Å². The highest BCUT2D eigenvalue weighted by Crippen LogP contribution is 2.40. The molecule has 0 unspecified atom stereocenters. The zero-order valence-electron chi connectivity index (χ0n) is 14.7. The van der Waals surface area contributed by atoms with E-state index in [0.717, 1.165) is 37.5 Å². The first kappa shape index (κ1) is 17.3. The van der Waals surface area contributed by atoms with Crippen LogP contribution in [0.1, 0.15) is 65.2 Å². The first-order valence-corrected chi connectivity index (χ1v) is 8.87. The van der Waals surface area contributed by atoms with Gasteiger partial charge in [0.2, 0.25) is 11.8 Å². The van der Waals surface area contributed by atoms with Crippen molar-refractivity contribution in [2.75, 3.05) is 14.1 Å². The van der Waals surface area contributed by atoms with Gasteiger partial charge in [-0.05, 0) is 63.2 Å². The van der Waals surface area contributed by atoms with Crippen molar-refractivity contribution in [2.24, 2.45) is 11.8 Å². The lowest BCUT2D eigenvalue weighted by molar-refractivity contribution is -0.131. The van der Waals surface area contributed by atoms with Gasteiger partial charge in [-0.1, -0.05) is 0 Å². The molecule has 0 aromatic heterocycles. The average Bonchev–Trinajstić information content (AvgIpc) is 2.53. The minimum Gasteiger partial charge on any atom is -0.343 e. The SMILES string of the molecule is CC(=O)N(C)C1CCC(C2CCC(N(C)C(C)=O)CC2)CC1. The van der Waals surface area contributed by atoms with Crippen molar-refractivity contribution < 1.29 is 9.59 Å². The van der Waals surface area contributed by atoms with E-state index in [9.17, 15) is 9.59 Å². The van der Waals surface area contributed by atoms with Gasteiger partial charge in [0.05, 0.1) is 0 Å². The normalized spacial score (nSPS) is 32.4. The van der Waals surface area contributed by atoms with Crippen LogP contribution in [0.3, 0.4) is 0 Å². The first-order valence-electron chi connectivity index (χ1n) is 8.87. The van der Waals surface area contributed by atoms with Crippen molar-refractivity contribution in [3.8, 4) is 0 Å². The third-order valence-electron chi connectivity index (χ3n) is 6.24. The third-order valence-corrected chi connectivity index (χ3v) is 6.24. The molecule has 0 bridgehead atoms. The van der Waals surface area contributed by atoms with Gasteiger partial charge in [0.25, 0.3) is 0 Å². The Bertz CT molecular complexity index is 356. The number of rotatable bonds is 3. The molecule has 0 aromatic rings. The van der Waals surface area contributed by atoms with Crippen LogP contribution in [0.2, 0.25) is 0 Å².